The zero-order valence-corrected chi connectivity index (χ0v) is 9.46. The molecule has 0 saturated heterocycles. The molecule has 2 N–H and O–H groups in total. The summed E-state index contributed by atoms with van der Waals surface area (Å²) >= 11 is 0. The summed E-state index contributed by atoms with van der Waals surface area (Å²) in [6.07, 6.45) is -0.0164. The lowest BCUT2D eigenvalue weighted by Gasteiger charge is -2.13. The van der Waals surface area contributed by atoms with Crippen molar-refractivity contribution in [3.63, 3.8) is 0 Å². The Morgan fingerprint density at radius 3 is 2.47 bits per heavy atom. The van der Waals surface area contributed by atoms with Crippen molar-refractivity contribution in [1.29, 1.82) is 0 Å². The maximum absolute atomic E-state index is 13.5. The van der Waals surface area contributed by atoms with Gasteiger partial charge in [-0.05, 0) is 44.0 Å². The first kappa shape index (κ1) is 12.0. The number of rotatable bonds is 4. The number of ether oxygens (including phenoxy) is 1. The van der Waals surface area contributed by atoms with Gasteiger partial charge >= 0.3 is 0 Å². The normalized spacial score (nSPS) is 12.9. The third-order valence-corrected chi connectivity index (χ3v) is 2.24. The minimum atomic E-state index is -0.318. The van der Waals surface area contributed by atoms with Gasteiger partial charge in [0.05, 0.1) is 6.10 Å². The summed E-state index contributed by atoms with van der Waals surface area (Å²) in [4.78, 5) is 0. The van der Waals surface area contributed by atoms with Crippen molar-refractivity contribution in [2.45, 2.75) is 32.8 Å². The summed E-state index contributed by atoms with van der Waals surface area (Å²) in [6, 6.07) is 5.02. The molecule has 0 aromatic heterocycles. The molecule has 0 aliphatic heterocycles. The highest BCUT2D eigenvalue weighted by Gasteiger charge is 2.09. The fraction of sp³-hybridized carbons (Fsp3) is 0.500. The second-order valence-electron chi connectivity index (χ2n) is 3.99. The van der Waals surface area contributed by atoms with E-state index >= 15 is 0 Å². The van der Waals surface area contributed by atoms with Gasteiger partial charge in [-0.25, -0.2) is 4.39 Å². The highest BCUT2D eigenvalue weighted by atomic mass is 19.1. The molecule has 1 atom stereocenters. The molecule has 0 heterocycles. The second-order valence-corrected chi connectivity index (χ2v) is 3.99. The Morgan fingerprint density at radius 1 is 1.33 bits per heavy atom. The van der Waals surface area contributed by atoms with E-state index < -0.39 is 0 Å². The molecule has 1 rings (SSSR count). The first-order valence-electron chi connectivity index (χ1n) is 5.20. The van der Waals surface area contributed by atoms with Crippen LogP contribution in [0.5, 0.6) is 5.75 Å². The third kappa shape index (κ3) is 3.20. The summed E-state index contributed by atoms with van der Waals surface area (Å²) < 4.78 is 18.8. The molecule has 0 amide bonds. The van der Waals surface area contributed by atoms with Crippen molar-refractivity contribution < 1.29 is 9.13 Å². The molecule has 1 aromatic rings. The molecule has 0 aliphatic carbocycles. The van der Waals surface area contributed by atoms with Crippen molar-refractivity contribution in [1.82, 2.24) is 0 Å². The van der Waals surface area contributed by atoms with Crippen molar-refractivity contribution >= 4 is 0 Å². The van der Waals surface area contributed by atoms with Gasteiger partial charge in [0.25, 0.3) is 0 Å². The summed E-state index contributed by atoms with van der Waals surface area (Å²) in [7, 11) is 0. The lowest BCUT2D eigenvalue weighted by Crippen LogP contribution is -2.10. The van der Waals surface area contributed by atoms with Crippen LogP contribution in [0, 0.1) is 5.82 Å². The molecule has 1 aromatic carbocycles. The van der Waals surface area contributed by atoms with Crippen LogP contribution < -0.4 is 10.5 Å². The van der Waals surface area contributed by atoms with Gasteiger partial charge in [-0.15, -0.1) is 0 Å². The fourth-order valence-corrected chi connectivity index (χ4v) is 1.31. The summed E-state index contributed by atoms with van der Waals surface area (Å²) in [5.74, 6) is 0.159. The van der Waals surface area contributed by atoms with Crippen molar-refractivity contribution in [2.24, 2.45) is 5.73 Å². The summed E-state index contributed by atoms with van der Waals surface area (Å²) in [6.45, 7) is 6.23. The van der Waals surface area contributed by atoms with Gasteiger partial charge in [0.1, 0.15) is 0 Å². The Hall–Kier alpha value is -1.09. The average Bonchev–Trinajstić information content (AvgIpc) is 2.19. The second kappa shape index (κ2) is 5.12. The van der Waals surface area contributed by atoms with Crippen LogP contribution in [0.1, 0.15) is 32.3 Å². The van der Waals surface area contributed by atoms with E-state index in [1.165, 1.54) is 6.07 Å². The van der Waals surface area contributed by atoms with Crippen molar-refractivity contribution in [3.8, 4) is 5.75 Å². The van der Waals surface area contributed by atoms with Crippen LogP contribution in [-0.2, 0) is 0 Å². The molecular formula is C12H18FNO. The van der Waals surface area contributed by atoms with Gasteiger partial charge in [-0.2, -0.15) is 0 Å². The summed E-state index contributed by atoms with van der Waals surface area (Å²) in [5.41, 5.74) is 6.43. The number of nitrogens with two attached hydrogens (primary N) is 1. The van der Waals surface area contributed by atoms with Gasteiger partial charge in [-0.3, -0.25) is 0 Å². The zero-order valence-electron chi connectivity index (χ0n) is 9.46. The van der Waals surface area contributed by atoms with E-state index in [4.69, 9.17) is 10.5 Å². The molecule has 15 heavy (non-hydrogen) atoms. The molecule has 0 spiro atoms. The van der Waals surface area contributed by atoms with Crippen LogP contribution >= 0.6 is 0 Å². The van der Waals surface area contributed by atoms with Gasteiger partial charge < -0.3 is 10.5 Å². The maximum atomic E-state index is 13.5. The van der Waals surface area contributed by atoms with Crippen LogP contribution in [0.25, 0.3) is 0 Å². The number of hydrogen-bond donors (Lipinski definition) is 1. The first-order valence-corrected chi connectivity index (χ1v) is 5.20. The highest BCUT2D eigenvalue weighted by Crippen LogP contribution is 2.23. The fourth-order valence-electron chi connectivity index (χ4n) is 1.31. The van der Waals surface area contributed by atoms with Crippen molar-refractivity contribution in [2.75, 3.05) is 6.54 Å². The minimum Gasteiger partial charge on any atom is -0.488 e. The molecule has 0 aliphatic rings. The van der Waals surface area contributed by atoms with Crippen LogP contribution in [-0.4, -0.2) is 12.6 Å². The largest absolute Gasteiger partial charge is 0.488 e. The number of hydrogen-bond acceptors (Lipinski definition) is 2. The standard InChI is InChI=1S/C12H18FNO/c1-8(2)15-12-5-4-10(6-11(12)13)9(3)7-14/h4-6,8-9H,7,14H2,1-3H3. The number of benzene rings is 1. The predicted molar refractivity (Wildman–Crippen MR) is 59.6 cm³/mol. The van der Waals surface area contributed by atoms with Crippen LogP contribution in [0.3, 0.4) is 0 Å². The van der Waals surface area contributed by atoms with Crippen LogP contribution in [0.2, 0.25) is 0 Å². The number of halogens is 1. The van der Waals surface area contributed by atoms with Gasteiger partial charge in [-0.1, -0.05) is 13.0 Å². The molecular weight excluding hydrogens is 193 g/mol. The molecule has 84 valence electrons. The van der Waals surface area contributed by atoms with E-state index in [9.17, 15) is 4.39 Å². The van der Waals surface area contributed by atoms with E-state index in [0.717, 1.165) is 5.56 Å². The van der Waals surface area contributed by atoms with E-state index in [2.05, 4.69) is 0 Å². The minimum absolute atomic E-state index is 0.0164. The Balaban J connectivity index is 2.88. The molecule has 3 heteroatoms. The molecule has 1 unspecified atom stereocenters. The average molecular weight is 211 g/mol. The van der Waals surface area contributed by atoms with Gasteiger partial charge in [0, 0.05) is 0 Å². The zero-order chi connectivity index (χ0) is 11.4. The van der Waals surface area contributed by atoms with Gasteiger partial charge in [0.2, 0.25) is 0 Å². The Labute approximate surface area is 90.2 Å². The lowest BCUT2D eigenvalue weighted by molar-refractivity contribution is 0.231. The first-order chi connectivity index (χ1) is 7.04. The summed E-state index contributed by atoms with van der Waals surface area (Å²) in [5, 5.41) is 0. The SMILES string of the molecule is CC(C)Oc1ccc(C(C)CN)cc1F. The Kier molecular flexibility index (Phi) is 4.09. The molecule has 2 nitrogen and oxygen atoms in total. The monoisotopic (exact) mass is 211 g/mol. The van der Waals surface area contributed by atoms with E-state index in [1.54, 1.807) is 6.07 Å². The third-order valence-electron chi connectivity index (χ3n) is 2.24. The van der Waals surface area contributed by atoms with Crippen LogP contribution in [0.4, 0.5) is 4.39 Å². The Morgan fingerprint density at radius 2 is 2.00 bits per heavy atom. The maximum Gasteiger partial charge on any atom is 0.165 e. The molecule has 0 bridgehead atoms. The highest BCUT2D eigenvalue weighted by molar-refractivity contribution is 5.31. The van der Waals surface area contributed by atoms with Gasteiger partial charge in [0.15, 0.2) is 11.6 Å². The topological polar surface area (TPSA) is 35.2 Å². The molecule has 0 radical (unpaired) electrons. The lowest BCUT2D eigenvalue weighted by atomic mass is 10.0. The van der Waals surface area contributed by atoms with E-state index in [0.29, 0.717) is 12.3 Å². The molecule has 0 saturated carbocycles. The quantitative estimate of drug-likeness (QED) is 0.831. The Bertz CT molecular complexity index is 325. The van der Waals surface area contributed by atoms with Crippen molar-refractivity contribution in [3.05, 3.63) is 29.6 Å². The van der Waals surface area contributed by atoms with E-state index in [1.807, 2.05) is 26.8 Å². The predicted octanol–water partition coefficient (Wildman–Crippen LogP) is 2.68. The smallest absolute Gasteiger partial charge is 0.165 e. The van der Waals surface area contributed by atoms with Crippen LogP contribution in [0.15, 0.2) is 18.2 Å². The van der Waals surface area contributed by atoms with E-state index in [-0.39, 0.29) is 17.8 Å². The molecule has 0 fully saturated rings.